The molecule has 1 aromatic carbocycles. The molecule has 0 aromatic heterocycles. The molecule has 8 nitrogen and oxygen atoms in total. The van der Waals surface area contributed by atoms with E-state index >= 15 is 0 Å². The first-order valence-corrected chi connectivity index (χ1v) is 15.7. The molecule has 242 valence electrons. The average Bonchev–Trinajstić information content (AvgIpc) is 3.77. The fourth-order valence-corrected chi connectivity index (χ4v) is 7.32. The number of amides is 2. The molecule has 2 saturated heterocycles. The summed E-state index contributed by atoms with van der Waals surface area (Å²) < 4.78 is 55.7. The van der Waals surface area contributed by atoms with Gasteiger partial charge < -0.3 is 15.7 Å². The number of carboxylic acids is 1. The lowest BCUT2D eigenvalue weighted by Crippen LogP contribution is -2.67. The van der Waals surface area contributed by atoms with Gasteiger partial charge in [0.25, 0.3) is 5.91 Å². The standard InChI is InChI=1S/C32H35ClF4N4O4/c33-24-3-1-2-23(31(10-11-31)32(35,36)37)26(24)28(42)39-25-12-19(29(43)41-15-21(16-41)40-13-20(34)14-40)8-9-22(25)27(38)17-4-6-18(7-5-17)30(44)45/h1-4,18-21H,5-16,38H2,(H,44,45). The number of nitrogens with zero attached hydrogens (tertiary/aromatic N) is 3. The number of hydrogen-bond acceptors (Lipinski definition) is 5. The highest BCUT2D eigenvalue weighted by molar-refractivity contribution is 6.34. The van der Waals surface area contributed by atoms with Crippen LogP contribution in [0.1, 0.15) is 67.3 Å². The second-order valence-corrected chi connectivity index (χ2v) is 13.3. The Kier molecular flexibility index (Phi) is 8.34. The normalized spacial score (nSPS) is 27.8. The van der Waals surface area contributed by atoms with Crippen LogP contribution in [0.2, 0.25) is 5.02 Å². The average molecular weight is 651 g/mol. The molecular weight excluding hydrogens is 616 g/mol. The van der Waals surface area contributed by atoms with E-state index in [9.17, 15) is 37.1 Å². The van der Waals surface area contributed by atoms with E-state index in [1.54, 1.807) is 11.0 Å². The van der Waals surface area contributed by atoms with E-state index in [-0.39, 0.29) is 53.1 Å². The number of halogens is 5. The number of likely N-dealkylation sites (tertiary alicyclic amines) is 2. The van der Waals surface area contributed by atoms with Crippen molar-refractivity contribution < 1.29 is 37.1 Å². The monoisotopic (exact) mass is 650 g/mol. The Balaban J connectivity index is 1.30. The summed E-state index contributed by atoms with van der Waals surface area (Å²) in [6.07, 6.45) is -2.06. The maximum Gasteiger partial charge on any atom is 0.398 e. The van der Waals surface area contributed by atoms with Crippen LogP contribution in [-0.4, -0.2) is 83.0 Å². The van der Waals surface area contributed by atoms with Crippen molar-refractivity contribution in [2.24, 2.45) is 22.6 Å². The molecule has 0 spiro atoms. The zero-order valence-electron chi connectivity index (χ0n) is 24.6. The second kappa shape index (κ2) is 11.8. The summed E-state index contributed by atoms with van der Waals surface area (Å²) in [7, 11) is 0. The molecule has 5 aliphatic rings. The minimum atomic E-state index is -4.57. The SMILES string of the molecule is NC(C1=CCC(C(=O)O)CC1)=C1CCC(C(=O)N2CC(N3CC(F)C3)C2)CC1=NC(=O)c1c(Cl)cccc1C1(C(F)(F)F)CC1. The Morgan fingerprint density at radius 1 is 1.04 bits per heavy atom. The van der Waals surface area contributed by atoms with Gasteiger partial charge in [0, 0.05) is 50.3 Å². The third kappa shape index (κ3) is 5.91. The number of allylic oxidation sites excluding steroid dienone is 3. The van der Waals surface area contributed by atoms with Gasteiger partial charge in [-0.15, -0.1) is 0 Å². The third-order valence-corrected chi connectivity index (χ3v) is 10.5. The zero-order valence-corrected chi connectivity index (χ0v) is 25.3. The van der Waals surface area contributed by atoms with Crippen LogP contribution in [-0.2, 0) is 15.0 Å². The number of carboxylic acid groups (broad SMARTS) is 1. The number of carbonyl (C=O) groups excluding carboxylic acids is 2. The molecule has 2 amide bonds. The van der Waals surface area contributed by atoms with Crippen LogP contribution in [0.4, 0.5) is 17.6 Å². The van der Waals surface area contributed by atoms with Crippen LogP contribution in [0.5, 0.6) is 0 Å². The largest absolute Gasteiger partial charge is 0.481 e. The Bertz CT molecular complexity index is 1510. The first-order valence-electron chi connectivity index (χ1n) is 15.3. The van der Waals surface area contributed by atoms with Gasteiger partial charge in [-0.2, -0.15) is 13.2 Å². The van der Waals surface area contributed by atoms with Crippen LogP contribution >= 0.6 is 11.6 Å². The van der Waals surface area contributed by atoms with Crippen molar-refractivity contribution in [1.82, 2.24) is 9.80 Å². The summed E-state index contributed by atoms with van der Waals surface area (Å²) in [6, 6.07) is 4.13. The summed E-state index contributed by atoms with van der Waals surface area (Å²) >= 11 is 6.36. The molecule has 45 heavy (non-hydrogen) atoms. The van der Waals surface area contributed by atoms with Gasteiger partial charge in [-0.05, 0) is 67.7 Å². The fourth-order valence-electron chi connectivity index (χ4n) is 7.06. The summed E-state index contributed by atoms with van der Waals surface area (Å²) in [5.41, 5.74) is 5.79. The van der Waals surface area contributed by atoms with Crippen LogP contribution < -0.4 is 5.73 Å². The first kappa shape index (κ1) is 31.7. The lowest BCUT2D eigenvalue weighted by molar-refractivity contribution is -0.160. The number of hydrogen-bond donors (Lipinski definition) is 2. The topological polar surface area (TPSA) is 116 Å². The number of alkyl halides is 4. The molecule has 1 aromatic rings. The van der Waals surface area contributed by atoms with Crippen molar-refractivity contribution in [2.45, 2.75) is 75.2 Å². The third-order valence-electron chi connectivity index (χ3n) is 10.1. The van der Waals surface area contributed by atoms with E-state index in [0.29, 0.717) is 69.6 Å². The molecule has 6 rings (SSSR count). The summed E-state index contributed by atoms with van der Waals surface area (Å²) in [5.74, 6) is -2.98. The predicted molar refractivity (Wildman–Crippen MR) is 159 cm³/mol. The number of aliphatic carboxylic acids is 1. The lowest BCUT2D eigenvalue weighted by Gasteiger charge is -2.50. The van der Waals surface area contributed by atoms with Gasteiger partial charge in [0.15, 0.2) is 0 Å². The Morgan fingerprint density at radius 3 is 2.31 bits per heavy atom. The lowest BCUT2D eigenvalue weighted by atomic mass is 9.79. The summed E-state index contributed by atoms with van der Waals surface area (Å²) in [4.78, 5) is 46.8. The molecule has 3 N–H and O–H groups in total. The second-order valence-electron chi connectivity index (χ2n) is 12.9. The van der Waals surface area contributed by atoms with Crippen molar-refractivity contribution in [3.63, 3.8) is 0 Å². The van der Waals surface area contributed by atoms with E-state index in [4.69, 9.17) is 17.3 Å². The first-order chi connectivity index (χ1) is 21.3. The number of nitrogens with two attached hydrogens (primary N) is 1. The van der Waals surface area contributed by atoms with Gasteiger partial charge in [-0.25, -0.2) is 9.38 Å². The van der Waals surface area contributed by atoms with Crippen LogP contribution in [0.15, 0.2) is 46.1 Å². The van der Waals surface area contributed by atoms with E-state index in [0.717, 1.165) is 5.57 Å². The smallest absolute Gasteiger partial charge is 0.398 e. The van der Waals surface area contributed by atoms with Crippen molar-refractivity contribution in [1.29, 1.82) is 0 Å². The van der Waals surface area contributed by atoms with Crippen molar-refractivity contribution in [2.75, 3.05) is 26.2 Å². The minimum Gasteiger partial charge on any atom is -0.481 e. The molecule has 2 unspecified atom stereocenters. The van der Waals surface area contributed by atoms with Gasteiger partial charge in [0.2, 0.25) is 5.91 Å². The van der Waals surface area contributed by atoms with E-state index in [2.05, 4.69) is 4.99 Å². The molecule has 13 heteroatoms. The quantitative estimate of drug-likeness (QED) is 0.409. The maximum absolute atomic E-state index is 14.1. The van der Waals surface area contributed by atoms with Gasteiger partial charge in [0.05, 0.1) is 27.6 Å². The summed E-state index contributed by atoms with van der Waals surface area (Å²) in [6.45, 7) is 1.70. The van der Waals surface area contributed by atoms with E-state index in [1.165, 1.54) is 18.2 Å². The number of aliphatic imine (C=N–C) groups is 1. The molecule has 0 bridgehead atoms. The predicted octanol–water partition coefficient (Wildman–Crippen LogP) is 5.20. The highest BCUT2D eigenvalue weighted by atomic mass is 35.5. The Hall–Kier alpha value is -3.25. The van der Waals surface area contributed by atoms with E-state index < -0.39 is 41.5 Å². The summed E-state index contributed by atoms with van der Waals surface area (Å²) in [5, 5.41) is 9.24. The molecule has 0 radical (unpaired) electrons. The van der Waals surface area contributed by atoms with Gasteiger partial charge >= 0.3 is 12.1 Å². The zero-order chi connectivity index (χ0) is 32.3. The van der Waals surface area contributed by atoms with Crippen molar-refractivity contribution in [3.8, 4) is 0 Å². The fraction of sp³-hybridized carbons (Fsp3) is 0.562. The molecule has 2 saturated carbocycles. The molecule has 2 heterocycles. The highest BCUT2D eigenvalue weighted by Crippen LogP contribution is 2.60. The Labute approximate surface area is 263 Å². The molecule has 2 aliphatic heterocycles. The molecule has 2 atom stereocenters. The van der Waals surface area contributed by atoms with Gasteiger partial charge in [-0.1, -0.05) is 29.8 Å². The molecule has 3 aliphatic carbocycles. The molecule has 4 fully saturated rings. The van der Waals surface area contributed by atoms with E-state index in [1.807, 2.05) is 4.90 Å². The van der Waals surface area contributed by atoms with Crippen LogP contribution in [0.25, 0.3) is 0 Å². The number of carbonyl (C=O) groups is 3. The maximum atomic E-state index is 14.1. The van der Waals surface area contributed by atoms with Crippen LogP contribution in [0, 0.1) is 11.8 Å². The highest BCUT2D eigenvalue weighted by Gasteiger charge is 2.65. The van der Waals surface area contributed by atoms with Gasteiger partial charge in [-0.3, -0.25) is 19.3 Å². The Morgan fingerprint density at radius 2 is 1.73 bits per heavy atom. The van der Waals surface area contributed by atoms with Crippen molar-refractivity contribution >= 4 is 35.1 Å². The van der Waals surface area contributed by atoms with Gasteiger partial charge in [0.1, 0.15) is 6.17 Å². The van der Waals surface area contributed by atoms with Crippen LogP contribution in [0.3, 0.4) is 0 Å². The number of benzene rings is 1. The number of rotatable bonds is 6. The molecular formula is C32H35ClF4N4O4. The minimum absolute atomic E-state index is 0.0628. The van der Waals surface area contributed by atoms with Crippen molar-refractivity contribution in [3.05, 3.63) is 57.3 Å².